The fourth-order valence-electron chi connectivity index (χ4n) is 5.81. The van der Waals surface area contributed by atoms with Gasteiger partial charge in [-0.2, -0.15) is 0 Å². The summed E-state index contributed by atoms with van der Waals surface area (Å²) in [5.74, 6) is -1.86. The smallest absolute Gasteiger partial charge is 0.251 e. The van der Waals surface area contributed by atoms with Gasteiger partial charge in [-0.25, -0.2) is 9.37 Å². The summed E-state index contributed by atoms with van der Waals surface area (Å²) in [4.78, 5) is 39.6. The first kappa shape index (κ1) is 30.3. The second-order valence-electron chi connectivity index (χ2n) is 10.9. The lowest BCUT2D eigenvalue weighted by Gasteiger charge is -2.40. The van der Waals surface area contributed by atoms with E-state index in [1.165, 1.54) is 18.0 Å². The summed E-state index contributed by atoms with van der Waals surface area (Å²) < 4.78 is 16.9. The largest absolute Gasteiger partial charge is 0.398 e. The maximum absolute atomic E-state index is 16.9. The van der Waals surface area contributed by atoms with Gasteiger partial charge in [0.05, 0.1) is 35.3 Å². The molecule has 2 atom stereocenters. The Kier molecular flexibility index (Phi) is 7.91. The number of aliphatic hydroxyl groups excluding tert-OH is 1. The second kappa shape index (κ2) is 11.5. The molecule has 12 nitrogen and oxygen atoms in total. The first-order valence-corrected chi connectivity index (χ1v) is 14.0. The van der Waals surface area contributed by atoms with Crippen LogP contribution < -0.4 is 16.0 Å². The molecule has 0 bridgehead atoms. The number of amidine groups is 1. The highest BCUT2D eigenvalue weighted by molar-refractivity contribution is 6.15. The normalized spacial score (nSPS) is 17.0. The zero-order chi connectivity index (χ0) is 32.0. The number of benzene rings is 1. The van der Waals surface area contributed by atoms with Crippen LogP contribution in [0.25, 0.3) is 11.3 Å². The van der Waals surface area contributed by atoms with E-state index in [2.05, 4.69) is 16.9 Å². The average Bonchev–Trinajstić information content (AvgIpc) is 3.09. The number of aromatic nitrogens is 2. The molecule has 1 fully saturated rings. The molecule has 44 heavy (non-hydrogen) atoms. The number of aryl methyl sites for hydroxylation is 2. The Morgan fingerprint density at radius 1 is 1.25 bits per heavy atom. The predicted octanol–water partition coefficient (Wildman–Crippen LogP) is 3.28. The summed E-state index contributed by atoms with van der Waals surface area (Å²) in [5, 5.41) is 31.1. The molecule has 1 saturated heterocycles. The molecular formula is C31H34FN9O3. The van der Waals surface area contributed by atoms with E-state index in [1.54, 1.807) is 50.1 Å². The number of rotatable bonds is 6. The van der Waals surface area contributed by atoms with Gasteiger partial charge >= 0.3 is 0 Å². The van der Waals surface area contributed by atoms with Crippen LogP contribution >= 0.6 is 0 Å². The molecule has 228 valence electrons. The number of likely N-dealkylation sites (N-methyl/N-ethyl adjacent to an activating group) is 1. The van der Waals surface area contributed by atoms with Crippen molar-refractivity contribution >= 4 is 46.7 Å². The first-order valence-electron chi connectivity index (χ1n) is 14.0. The van der Waals surface area contributed by atoms with Crippen LogP contribution in [0.4, 0.5) is 27.3 Å². The summed E-state index contributed by atoms with van der Waals surface area (Å²) in [6.45, 7) is 8.99. The van der Waals surface area contributed by atoms with E-state index in [1.807, 2.05) is 0 Å². The van der Waals surface area contributed by atoms with Crippen molar-refractivity contribution in [1.82, 2.24) is 19.8 Å². The standard InChI is InChI=1S/C31H34FN9O3/c1-6-21(43)40-11-12-41-20(14-40)31(44)39(5)28-23(29(41)35)30(37-25-16(3)9-10-36-26(25)17(4)42)38-27(24(28)32)22-15(2)7-8-19(34)18(22)13-33/h6-10,13,17,20,33,35,42H,1,11-12,14,34H2,2-5H3,(H,37,38). The van der Waals surface area contributed by atoms with Crippen molar-refractivity contribution in [2.45, 2.75) is 32.9 Å². The molecule has 4 heterocycles. The number of pyridine rings is 2. The molecule has 2 aromatic heterocycles. The van der Waals surface area contributed by atoms with E-state index >= 15 is 4.39 Å². The van der Waals surface area contributed by atoms with Crippen LogP contribution in [0.15, 0.2) is 37.1 Å². The minimum absolute atomic E-state index is 0.0186. The van der Waals surface area contributed by atoms with Gasteiger partial charge in [0.25, 0.3) is 5.91 Å². The molecule has 2 unspecified atom stereocenters. The molecule has 0 saturated carbocycles. The van der Waals surface area contributed by atoms with Crippen molar-refractivity contribution < 1.29 is 19.1 Å². The van der Waals surface area contributed by atoms with Crippen LogP contribution in [0.1, 0.15) is 41.0 Å². The van der Waals surface area contributed by atoms with Crippen LogP contribution in [0.2, 0.25) is 0 Å². The molecule has 1 aromatic carbocycles. The van der Waals surface area contributed by atoms with E-state index < -0.39 is 23.9 Å². The van der Waals surface area contributed by atoms with E-state index in [4.69, 9.17) is 16.1 Å². The number of hydrogen-bond acceptors (Lipinski definition) is 9. The number of carbonyl (C=O) groups excluding carboxylic acids is 2. The van der Waals surface area contributed by atoms with Gasteiger partial charge < -0.3 is 36.3 Å². The lowest BCUT2D eigenvalue weighted by molar-refractivity contribution is -0.131. The summed E-state index contributed by atoms with van der Waals surface area (Å²) in [6, 6.07) is 4.08. The van der Waals surface area contributed by atoms with Gasteiger partial charge in [-0.3, -0.25) is 20.0 Å². The SMILES string of the molecule is C=CC(=O)N1CCN2C(=N)c3c(Nc4c(C)ccnc4C(C)O)nc(-c4c(C)ccc(N)c4C=N)c(F)c3N(C)C(=O)C2C1. The van der Waals surface area contributed by atoms with E-state index in [-0.39, 0.29) is 71.0 Å². The number of nitrogens with one attached hydrogen (secondary N) is 3. The maximum atomic E-state index is 16.9. The number of amides is 2. The quantitative estimate of drug-likeness (QED) is 0.163. The molecule has 0 radical (unpaired) electrons. The van der Waals surface area contributed by atoms with Crippen LogP contribution in [0, 0.1) is 30.5 Å². The summed E-state index contributed by atoms with van der Waals surface area (Å²) in [7, 11) is 1.42. The van der Waals surface area contributed by atoms with Gasteiger partial charge in [0, 0.05) is 49.4 Å². The fourth-order valence-corrected chi connectivity index (χ4v) is 5.81. The Balaban J connectivity index is 1.82. The number of fused-ring (bicyclic) bond motifs is 2. The Bertz CT molecular complexity index is 1740. The number of carbonyl (C=O) groups is 2. The Hall–Kier alpha value is -5.17. The molecule has 13 heteroatoms. The average molecular weight is 600 g/mol. The number of anilines is 4. The third-order valence-corrected chi connectivity index (χ3v) is 8.15. The van der Waals surface area contributed by atoms with E-state index in [9.17, 15) is 20.1 Å². The molecule has 2 amide bonds. The van der Waals surface area contributed by atoms with Gasteiger partial charge in [-0.1, -0.05) is 12.6 Å². The van der Waals surface area contributed by atoms with Crippen molar-refractivity contribution in [2.24, 2.45) is 0 Å². The molecule has 2 aliphatic rings. The minimum Gasteiger partial charge on any atom is -0.398 e. The van der Waals surface area contributed by atoms with Crippen LogP contribution in [0.5, 0.6) is 0 Å². The maximum Gasteiger partial charge on any atom is 0.251 e. The van der Waals surface area contributed by atoms with Crippen molar-refractivity contribution in [3.63, 3.8) is 0 Å². The van der Waals surface area contributed by atoms with Crippen molar-refractivity contribution in [3.05, 3.63) is 70.8 Å². The van der Waals surface area contributed by atoms with E-state index in [0.29, 0.717) is 22.5 Å². The third kappa shape index (κ3) is 4.84. The van der Waals surface area contributed by atoms with Crippen molar-refractivity contribution in [2.75, 3.05) is 42.6 Å². The third-order valence-electron chi connectivity index (χ3n) is 8.15. The summed E-state index contributed by atoms with van der Waals surface area (Å²) in [6.07, 6.45) is 2.78. The summed E-state index contributed by atoms with van der Waals surface area (Å²) in [5.41, 5.74) is 8.61. The van der Waals surface area contributed by atoms with Gasteiger partial charge in [0.1, 0.15) is 23.4 Å². The Morgan fingerprint density at radius 3 is 2.64 bits per heavy atom. The molecule has 3 aromatic rings. The number of halogens is 1. The van der Waals surface area contributed by atoms with Gasteiger partial charge in [-0.05, 0) is 50.1 Å². The van der Waals surface area contributed by atoms with Gasteiger partial charge in [-0.15, -0.1) is 0 Å². The van der Waals surface area contributed by atoms with Crippen molar-refractivity contribution in [3.8, 4) is 11.3 Å². The second-order valence-corrected chi connectivity index (χ2v) is 10.9. The number of nitrogen functional groups attached to an aromatic ring is 1. The Morgan fingerprint density at radius 2 is 1.98 bits per heavy atom. The van der Waals surface area contributed by atoms with Gasteiger partial charge in [0.2, 0.25) is 5.91 Å². The molecular weight excluding hydrogens is 565 g/mol. The molecule has 0 spiro atoms. The molecule has 5 rings (SSSR count). The number of nitrogens with zero attached hydrogens (tertiary/aromatic N) is 5. The van der Waals surface area contributed by atoms with Crippen LogP contribution in [0.3, 0.4) is 0 Å². The minimum atomic E-state index is -0.972. The molecule has 2 aliphatic heterocycles. The zero-order valence-corrected chi connectivity index (χ0v) is 24.9. The number of piperazine rings is 1. The van der Waals surface area contributed by atoms with Crippen LogP contribution in [-0.2, 0) is 9.59 Å². The zero-order valence-electron chi connectivity index (χ0n) is 24.9. The molecule has 0 aliphatic carbocycles. The topological polar surface area (TPSA) is 176 Å². The predicted molar refractivity (Wildman–Crippen MR) is 167 cm³/mol. The molecule has 6 N–H and O–H groups in total. The van der Waals surface area contributed by atoms with Gasteiger partial charge in [0.15, 0.2) is 5.82 Å². The highest BCUT2D eigenvalue weighted by Gasteiger charge is 2.44. The number of hydrogen-bond donors (Lipinski definition) is 5. The monoisotopic (exact) mass is 599 g/mol. The van der Waals surface area contributed by atoms with Crippen LogP contribution in [-0.4, -0.2) is 81.5 Å². The fraction of sp³-hybridized carbons (Fsp3) is 0.290. The number of aliphatic hydroxyl groups is 1. The summed E-state index contributed by atoms with van der Waals surface area (Å²) >= 11 is 0. The Labute approximate surface area is 254 Å². The number of nitrogens with two attached hydrogens (primary N) is 1. The highest BCUT2D eigenvalue weighted by atomic mass is 19.1. The van der Waals surface area contributed by atoms with Crippen molar-refractivity contribution in [1.29, 1.82) is 10.8 Å². The lowest BCUT2D eigenvalue weighted by atomic mass is 9.95. The highest BCUT2D eigenvalue weighted by Crippen LogP contribution is 2.42. The van der Waals surface area contributed by atoms with E-state index in [0.717, 1.165) is 11.1 Å². The lowest BCUT2D eigenvalue weighted by Crippen LogP contribution is -2.60. The first-order chi connectivity index (χ1) is 20.9.